The van der Waals surface area contributed by atoms with Crippen molar-refractivity contribution in [3.05, 3.63) is 94.7 Å². The van der Waals surface area contributed by atoms with Gasteiger partial charge in [0.05, 0.1) is 17.6 Å². The number of nitrogens with zero attached hydrogens (tertiary/aromatic N) is 3. The molecule has 0 saturated carbocycles. The molecule has 4 aromatic rings. The summed E-state index contributed by atoms with van der Waals surface area (Å²) in [5.74, 6) is -2.04. The van der Waals surface area contributed by atoms with Crippen LogP contribution in [0.4, 0.5) is 19.3 Å². The molecule has 4 N–H and O–H groups in total. The highest BCUT2D eigenvalue weighted by molar-refractivity contribution is 5.96. The van der Waals surface area contributed by atoms with Gasteiger partial charge >= 0.3 is 6.09 Å². The second-order valence-electron chi connectivity index (χ2n) is 9.60. The molecule has 0 aliphatic heterocycles. The molecule has 0 fully saturated rings. The van der Waals surface area contributed by atoms with Crippen molar-refractivity contribution in [2.24, 2.45) is 0 Å². The van der Waals surface area contributed by atoms with Gasteiger partial charge in [-0.25, -0.2) is 18.6 Å². The van der Waals surface area contributed by atoms with Crippen LogP contribution in [0.2, 0.25) is 0 Å². The number of carbonyl (C=O) groups is 3. The zero-order chi connectivity index (χ0) is 31.1. The van der Waals surface area contributed by atoms with E-state index in [1.54, 1.807) is 32.3 Å². The van der Waals surface area contributed by atoms with Gasteiger partial charge in [0.1, 0.15) is 29.1 Å². The highest BCUT2D eigenvalue weighted by atomic mass is 19.1. The van der Waals surface area contributed by atoms with Crippen molar-refractivity contribution in [1.82, 2.24) is 24.8 Å². The Kier molecular flexibility index (Phi) is 9.50. The molecule has 4 rings (SSSR count). The molecule has 2 heterocycles. The zero-order valence-corrected chi connectivity index (χ0v) is 23.1. The number of ether oxygens (including phenoxy) is 1. The minimum absolute atomic E-state index is 0.00150. The van der Waals surface area contributed by atoms with Crippen LogP contribution in [0, 0.1) is 11.6 Å². The van der Waals surface area contributed by atoms with E-state index in [2.05, 4.69) is 20.6 Å². The third-order valence-corrected chi connectivity index (χ3v) is 6.16. The molecule has 0 saturated heterocycles. The Morgan fingerprint density at radius 3 is 2.67 bits per heavy atom. The number of allylic oxidation sites excluding steroid dienone is 1. The van der Waals surface area contributed by atoms with Crippen molar-refractivity contribution in [2.75, 3.05) is 19.4 Å². The number of pyridine rings is 1. The van der Waals surface area contributed by atoms with Crippen molar-refractivity contribution >= 4 is 34.6 Å². The summed E-state index contributed by atoms with van der Waals surface area (Å²) in [7, 11) is 3.17. The van der Waals surface area contributed by atoms with Gasteiger partial charge in [-0.1, -0.05) is 6.08 Å². The fourth-order valence-electron chi connectivity index (χ4n) is 4.02. The van der Waals surface area contributed by atoms with Crippen LogP contribution in [0.5, 0.6) is 11.5 Å². The lowest BCUT2D eigenvalue weighted by Gasteiger charge is -2.16. The van der Waals surface area contributed by atoms with Crippen LogP contribution in [-0.4, -0.2) is 62.6 Å². The largest absolute Gasteiger partial charge is 0.465 e. The van der Waals surface area contributed by atoms with Gasteiger partial charge in [0.2, 0.25) is 11.8 Å². The molecule has 0 bridgehead atoms. The van der Waals surface area contributed by atoms with E-state index in [0.717, 1.165) is 6.07 Å². The first-order valence-electron chi connectivity index (χ1n) is 13.0. The Bertz CT molecular complexity index is 1750. The molecule has 2 aromatic heterocycles. The molecule has 2 aromatic carbocycles. The highest BCUT2D eigenvalue weighted by Crippen LogP contribution is 2.27. The van der Waals surface area contributed by atoms with Crippen LogP contribution in [0.15, 0.2) is 71.7 Å². The summed E-state index contributed by atoms with van der Waals surface area (Å²) in [6.45, 7) is 0.00150. The summed E-state index contributed by atoms with van der Waals surface area (Å²) < 4.78 is 34.0. The molecule has 1 atom stereocenters. The number of amides is 3. The van der Waals surface area contributed by atoms with E-state index in [4.69, 9.17) is 9.84 Å². The number of fused-ring (bicyclic) bond motifs is 1. The van der Waals surface area contributed by atoms with E-state index in [1.165, 1.54) is 46.0 Å². The predicted octanol–water partition coefficient (Wildman–Crippen LogP) is 3.84. The number of benzene rings is 2. The topological polar surface area (TPSA) is 159 Å². The molecule has 0 aliphatic carbocycles. The Balaban J connectivity index is 1.45. The van der Waals surface area contributed by atoms with E-state index in [-0.39, 0.29) is 42.5 Å². The second-order valence-corrected chi connectivity index (χ2v) is 9.60. The number of carboxylic acid groups (broad SMARTS) is 1. The van der Waals surface area contributed by atoms with Crippen LogP contribution < -0.4 is 20.9 Å². The van der Waals surface area contributed by atoms with Crippen LogP contribution in [-0.2, 0) is 16.1 Å². The van der Waals surface area contributed by atoms with Gasteiger partial charge in [0.15, 0.2) is 11.6 Å². The van der Waals surface area contributed by atoms with E-state index < -0.39 is 35.2 Å². The van der Waals surface area contributed by atoms with Crippen LogP contribution >= 0.6 is 0 Å². The van der Waals surface area contributed by atoms with Crippen LogP contribution in [0.1, 0.15) is 18.7 Å². The number of carbonyl (C=O) groups excluding carboxylic acids is 2. The van der Waals surface area contributed by atoms with E-state index in [0.29, 0.717) is 22.9 Å². The van der Waals surface area contributed by atoms with Crippen molar-refractivity contribution in [2.45, 2.75) is 25.4 Å². The lowest BCUT2D eigenvalue weighted by Crippen LogP contribution is -2.44. The number of likely N-dealkylation sites (N-methyl/N-ethyl adjacent to an activating group) is 1. The van der Waals surface area contributed by atoms with Gasteiger partial charge in [-0.2, -0.15) is 0 Å². The first-order chi connectivity index (χ1) is 20.5. The summed E-state index contributed by atoms with van der Waals surface area (Å²) in [5, 5.41) is 13.8. The molecular weight excluding hydrogens is 566 g/mol. The normalized spacial score (nSPS) is 11.8. The van der Waals surface area contributed by atoms with Crippen molar-refractivity contribution in [3.8, 4) is 11.5 Å². The van der Waals surface area contributed by atoms with Gasteiger partial charge < -0.3 is 34.9 Å². The number of aromatic nitrogens is 3. The maximum absolute atomic E-state index is 14.0. The third-order valence-electron chi connectivity index (χ3n) is 6.16. The van der Waals surface area contributed by atoms with Crippen LogP contribution in [0.25, 0.3) is 11.0 Å². The fourth-order valence-corrected chi connectivity index (χ4v) is 4.02. The zero-order valence-electron chi connectivity index (χ0n) is 23.1. The molecular formula is C29H28F2N6O6. The molecule has 224 valence electrons. The van der Waals surface area contributed by atoms with E-state index in [1.807, 2.05) is 0 Å². The Labute approximate surface area is 243 Å². The average molecular weight is 595 g/mol. The number of nitrogens with one attached hydrogen (secondary N) is 3. The molecule has 43 heavy (non-hydrogen) atoms. The van der Waals surface area contributed by atoms with Crippen LogP contribution in [0.3, 0.4) is 0 Å². The Morgan fingerprint density at radius 1 is 1.16 bits per heavy atom. The van der Waals surface area contributed by atoms with E-state index in [9.17, 15) is 28.0 Å². The molecule has 14 heteroatoms. The second kappa shape index (κ2) is 13.4. The Hall–Kier alpha value is -5.53. The molecule has 0 aliphatic rings. The first-order valence-corrected chi connectivity index (χ1v) is 13.0. The number of H-pyrrole nitrogens is 1. The number of hydrogen-bond acceptors (Lipinski definition) is 6. The lowest BCUT2D eigenvalue weighted by molar-refractivity contribution is -0.123. The fraction of sp³-hybridized carbons (Fsp3) is 0.207. The number of imidazole rings is 1. The highest BCUT2D eigenvalue weighted by Gasteiger charge is 2.21. The maximum Gasteiger partial charge on any atom is 0.405 e. The minimum Gasteiger partial charge on any atom is -0.465 e. The van der Waals surface area contributed by atoms with Gasteiger partial charge in [0, 0.05) is 32.4 Å². The smallest absolute Gasteiger partial charge is 0.405 e. The van der Waals surface area contributed by atoms with Gasteiger partial charge in [0.25, 0.3) is 5.56 Å². The molecule has 3 amide bonds. The van der Waals surface area contributed by atoms with Crippen molar-refractivity contribution < 1.29 is 33.0 Å². The Morgan fingerprint density at radius 2 is 1.95 bits per heavy atom. The summed E-state index contributed by atoms with van der Waals surface area (Å²) >= 11 is 0. The molecule has 0 spiro atoms. The summed E-state index contributed by atoms with van der Waals surface area (Å²) in [6.07, 6.45) is 3.22. The van der Waals surface area contributed by atoms with Gasteiger partial charge in [-0.3, -0.25) is 14.4 Å². The molecule has 12 nitrogen and oxygen atoms in total. The summed E-state index contributed by atoms with van der Waals surface area (Å²) in [5.41, 5.74) is 0.452. The maximum atomic E-state index is 14.0. The van der Waals surface area contributed by atoms with Gasteiger partial charge in [-0.05, 0) is 55.3 Å². The summed E-state index contributed by atoms with van der Waals surface area (Å²) in [6, 6.07) is 9.50. The van der Waals surface area contributed by atoms with Crippen molar-refractivity contribution in [3.63, 3.8) is 0 Å². The monoisotopic (exact) mass is 594 g/mol. The van der Waals surface area contributed by atoms with E-state index >= 15 is 0 Å². The molecule has 1 unspecified atom stereocenters. The third kappa shape index (κ3) is 8.03. The quantitative estimate of drug-likeness (QED) is 0.192. The first kappa shape index (κ1) is 30.4. The minimum atomic E-state index is -1.42. The lowest BCUT2D eigenvalue weighted by atomic mass is 10.1. The average Bonchev–Trinajstić information content (AvgIpc) is 3.35. The number of rotatable bonds is 11. The number of hydrogen-bond donors (Lipinski definition) is 4. The van der Waals surface area contributed by atoms with Crippen molar-refractivity contribution in [1.29, 1.82) is 0 Å². The number of aromatic amines is 1. The summed E-state index contributed by atoms with van der Waals surface area (Å²) in [4.78, 5) is 57.8. The number of halogens is 2. The molecule has 0 radical (unpaired) electrons. The standard InChI is InChI=1S/C29H28F2N6O6/c1-36(2)26(38)8-4-3-6-21(35-29(41)42)27(39)34-22-7-5-13-37(28(22)40)16-25-32-20-11-10-18(15-23(20)33-25)43-24-12-9-17(30)14-19(24)31/h4-5,7-15,21,35H,3,6,16H2,1-2H3,(H,32,33)(H,34,39)(H,41,42). The van der Waals surface area contributed by atoms with Gasteiger partial charge in [-0.15, -0.1) is 0 Å². The SMILES string of the molecule is CN(C)C(=O)C=CCCC(NC(=O)O)C(=O)Nc1cccn(Cc2nc3ccc(Oc4ccc(F)cc4F)cc3[nH]2)c1=O. The predicted molar refractivity (Wildman–Crippen MR) is 153 cm³/mol. The number of anilines is 1.